The van der Waals surface area contributed by atoms with Gasteiger partial charge in [-0.15, -0.1) is 0 Å². The Morgan fingerprint density at radius 3 is 2.41 bits per heavy atom. The van der Waals surface area contributed by atoms with Gasteiger partial charge in [0, 0.05) is 6.42 Å². The van der Waals surface area contributed by atoms with Crippen LogP contribution in [0, 0.1) is 6.92 Å². The number of carbonyl (C=O) groups excluding carboxylic acids is 1. The van der Waals surface area contributed by atoms with Crippen molar-refractivity contribution in [1.82, 2.24) is 0 Å². The number of ether oxygens (including phenoxy) is 1. The summed E-state index contributed by atoms with van der Waals surface area (Å²) in [7, 11) is 0. The van der Waals surface area contributed by atoms with E-state index in [1.807, 2.05) is 25.1 Å². The quantitative estimate of drug-likeness (QED) is 0.525. The summed E-state index contributed by atoms with van der Waals surface area (Å²) >= 11 is 3.42. The molecule has 0 saturated carbocycles. The lowest BCUT2D eigenvalue weighted by molar-refractivity contribution is -0.134. The number of rotatable bonds is 5. The summed E-state index contributed by atoms with van der Waals surface area (Å²) in [4.78, 5) is 12.0. The first kappa shape index (κ1) is 16.8. The zero-order valence-electron chi connectivity index (χ0n) is 13.2. The van der Waals surface area contributed by atoms with E-state index < -0.39 is 0 Å². The summed E-state index contributed by atoms with van der Waals surface area (Å²) in [5.41, 5.74) is 3.59. The van der Waals surface area contributed by atoms with E-state index in [0.29, 0.717) is 24.5 Å². The van der Waals surface area contributed by atoms with Gasteiger partial charge in [0.15, 0.2) is 0 Å². The van der Waals surface area contributed by atoms with Crippen molar-refractivity contribution in [3.8, 4) is 5.75 Å². The average Bonchev–Trinajstić information content (AvgIpc) is 2.48. The largest absolute Gasteiger partial charge is 0.425 e. The third-order valence-electron chi connectivity index (χ3n) is 3.58. The van der Waals surface area contributed by atoms with Crippen LogP contribution in [0.2, 0.25) is 0 Å². The summed E-state index contributed by atoms with van der Waals surface area (Å²) in [6.45, 7) is 6.34. The van der Waals surface area contributed by atoms with Crippen molar-refractivity contribution in [3.63, 3.8) is 0 Å². The minimum Gasteiger partial charge on any atom is -0.425 e. The Bertz CT molecular complexity index is 645. The molecule has 0 heterocycles. The standard InChI is InChI=1S/C19H21BrO2/c1-13(2)16-8-5-15(6-9-16)7-11-19(21)22-18-10-4-14(3)12-17(18)20/h4-6,8-10,12-13H,7,11H2,1-3H3. The second-order valence-electron chi connectivity index (χ2n) is 5.80. The summed E-state index contributed by atoms with van der Waals surface area (Å²) in [5.74, 6) is 0.890. The molecule has 2 aromatic carbocycles. The molecule has 2 aromatic rings. The molecule has 0 aliphatic carbocycles. The van der Waals surface area contributed by atoms with Gasteiger partial charge in [-0.05, 0) is 64.0 Å². The van der Waals surface area contributed by atoms with Crippen LogP contribution in [-0.4, -0.2) is 5.97 Å². The molecule has 116 valence electrons. The lowest BCUT2D eigenvalue weighted by Crippen LogP contribution is -2.09. The third kappa shape index (κ3) is 4.70. The second-order valence-corrected chi connectivity index (χ2v) is 6.66. The first-order chi connectivity index (χ1) is 10.5. The van der Waals surface area contributed by atoms with E-state index in [1.165, 1.54) is 5.56 Å². The highest BCUT2D eigenvalue weighted by Gasteiger charge is 2.09. The minimum atomic E-state index is -0.211. The Hall–Kier alpha value is -1.61. The van der Waals surface area contributed by atoms with Gasteiger partial charge in [0.2, 0.25) is 0 Å². The van der Waals surface area contributed by atoms with E-state index in [4.69, 9.17) is 4.74 Å². The van der Waals surface area contributed by atoms with Crippen molar-refractivity contribution >= 4 is 21.9 Å². The van der Waals surface area contributed by atoms with Gasteiger partial charge >= 0.3 is 5.97 Å². The Morgan fingerprint density at radius 2 is 1.82 bits per heavy atom. The van der Waals surface area contributed by atoms with Crippen LogP contribution in [0.4, 0.5) is 0 Å². The fraction of sp³-hybridized carbons (Fsp3) is 0.316. The van der Waals surface area contributed by atoms with Crippen LogP contribution in [0.3, 0.4) is 0 Å². The van der Waals surface area contributed by atoms with Gasteiger partial charge in [0.25, 0.3) is 0 Å². The zero-order valence-corrected chi connectivity index (χ0v) is 14.8. The highest BCUT2D eigenvalue weighted by Crippen LogP contribution is 2.26. The maximum Gasteiger partial charge on any atom is 0.311 e. The summed E-state index contributed by atoms with van der Waals surface area (Å²) in [5, 5.41) is 0. The number of aryl methyl sites for hydroxylation is 2. The van der Waals surface area contributed by atoms with Crippen LogP contribution >= 0.6 is 15.9 Å². The van der Waals surface area contributed by atoms with Crippen molar-refractivity contribution < 1.29 is 9.53 Å². The number of hydrogen-bond donors (Lipinski definition) is 0. The van der Waals surface area contributed by atoms with Gasteiger partial charge < -0.3 is 4.74 Å². The van der Waals surface area contributed by atoms with Crippen LogP contribution in [0.15, 0.2) is 46.9 Å². The molecule has 2 rings (SSSR count). The Kier molecular flexibility index (Phi) is 5.78. The fourth-order valence-corrected chi connectivity index (χ4v) is 2.75. The fourth-order valence-electron chi connectivity index (χ4n) is 2.18. The van der Waals surface area contributed by atoms with E-state index in [-0.39, 0.29) is 5.97 Å². The first-order valence-corrected chi connectivity index (χ1v) is 8.30. The summed E-state index contributed by atoms with van der Waals surface area (Å²) in [6.07, 6.45) is 1.07. The van der Waals surface area contributed by atoms with E-state index in [9.17, 15) is 4.79 Å². The monoisotopic (exact) mass is 360 g/mol. The highest BCUT2D eigenvalue weighted by atomic mass is 79.9. The Balaban J connectivity index is 1.89. The van der Waals surface area contributed by atoms with E-state index >= 15 is 0 Å². The molecule has 0 atom stereocenters. The number of hydrogen-bond acceptors (Lipinski definition) is 2. The zero-order chi connectivity index (χ0) is 16.1. The Morgan fingerprint density at radius 1 is 1.14 bits per heavy atom. The molecular formula is C19H21BrO2. The first-order valence-electron chi connectivity index (χ1n) is 7.51. The van der Waals surface area contributed by atoms with Crippen molar-refractivity contribution in [2.75, 3.05) is 0 Å². The number of carbonyl (C=O) groups is 1. The van der Waals surface area contributed by atoms with Crippen LogP contribution in [0.1, 0.15) is 42.9 Å². The number of esters is 1. The van der Waals surface area contributed by atoms with Gasteiger partial charge in [0.05, 0.1) is 4.47 Å². The maximum atomic E-state index is 12.0. The molecule has 0 aromatic heterocycles. The summed E-state index contributed by atoms with van der Waals surface area (Å²) in [6, 6.07) is 14.1. The van der Waals surface area contributed by atoms with Crippen LogP contribution < -0.4 is 4.74 Å². The number of halogens is 1. The SMILES string of the molecule is Cc1ccc(OC(=O)CCc2ccc(C(C)C)cc2)c(Br)c1. The van der Waals surface area contributed by atoms with E-state index in [1.54, 1.807) is 0 Å². The van der Waals surface area contributed by atoms with Gasteiger partial charge in [-0.25, -0.2) is 0 Å². The molecule has 0 saturated heterocycles. The minimum absolute atomic E-state index is 0.211. The van der Waals surface area contributed by atoms with Gasteiger partial charge in [-0.1, -0.05) is 44.2 Å². The smallest absolute Gasteiger partial charge is 0.311 e. The molecule has 0 fully saturated rings. The van der Waals surface area contributed by atoms with E-state index in [0.717, 1.165) is 15.6 Å². The van der Waals surface area contributed by atoms with Gasteiger partial charge in [-0.3, -0.25) is 4.79 Å². The molecule has 0 aliphatic heterocycles. The van der Waals surface area contributed by atoms with Crippen LogP contribution in [-0.2, 0) is 11.2 Å². The lowest BCUT2D eigenvalue weighted by Gasteiger charge is -2.08. The molecule has 0 aliphatic rings. The Labute approximate surface area is 140 Å². The van der Waals surface area contributed by atoms with Crippen LogP contribution in [0.5, 0.6) is 5.75 Å². The molecule has 0 amide bonds. The van der Waals surface area contributed by atoms with Crippen molar-refractivity contribution in [2.24, 2.45) is 0 Å². The molecule has 0 N–H and O–H groups in total. The molecule has 0 spiro atoms. The molecule has 0 radical (unpaired) electrons. The van der Waals surface area contributed by atoms with Crippen molar-refractivity contribution in [1.29, 1.82) is 0 Å². The molecule has 0 unspecified atom stereocenters. The highest BCUT2D eigenvalue weighted by molar-refractivity contribution is 9.10. The van der Waals surface area contributed by atoms with Gasteiger partial charge in [-0.2, -0.15) is 0 Å². The molecule has 2 nitrogen and oxygen atoms in total. The normalized spacial score (nSPS) is 10.8. The molecule has 3 heteroatoms. The lowest BCUT2D eigenvalue weighted by atomic mass is 10.0. The molecule has 0 bridgehead atoms. The number of benzene rings is 2. The summed E-state index contributed by atoms with van der Waals surface area (Å²) < 4.78 is 6.21. The third-order valence-corrected chi connectivity index (χ3v) is 4.20. The predicted molar refractivity (Wildman–Crippen MR) is 93.4 cm³/mol. The van der Waals surface area contributed by atoms with Crippen molar-refractivity contribution in [2.45, 2.75) is 39.5 Å². The van der Waals surface area contributed by atoms with Crippen molar-refractivity contribution in [3.05, 3.63) is 63.6 Å². The molecular weight excluding hydrogens is 340 g/mol. The second kappa shape index (κ2) is 7.59. The van der Waals surface area contributed by atoms with Gasteiger partial charge in [0.1, 0.15) is 5.75 Å². The van der Waals surface area contributed by atoms with E-state index in [2.05, 4.69) is 54.0 Å². The topological polar surface area (TPSA) is 26.3 Å². The average molecular weight is 361 g/mol. The predicted octanol–water partition coefficient (Wildman–Crippen LogP) is 5.42. The molecule has 22 heavy (non-hydrogen) atoms. The van der Waals surface area contributed by atoms with Crippen LogP contribution in [0.25, 0.3) is 0 Å². The maximum absolute atomic E-state index is 12.0.